The first-order chi connectivity index (χ1) is 25.5. The molecule has 1 unspecified atom stereocenters. The number of aliphatic imine (C=N–C) groups is 1. The third-order valence-electron chi connectivity index (χ3n) is 14.5. The molecule has 2 spiro atoms. The van der Waals surface area contributed by atoms with Gasteiger partial charge in [0.2, 0.25) is 5.91 Å². The highest BCUT2D eigenvalue weighted by molar-refractivity contribution is 5.87. The molecule has 298 valence electrons. The molecule has 0 radical (unpaired) electrons. The molecule has 1 saturated heterocycles. The Morgan fingerprint density at radius 3 is 2.63 bits per heavy atom. The lowest BCUT2D eigenvalue weighted by Gasteiger charge is -2.75. The predicted molar refractivity (Wildman–Crippen MR) is 203 cm³/mol. The van der Waals surface area contributed by atoms with E-state index in [9.17, 15) is 19.5 Å². The fourth-order valence-corrected chi connectivity index (χ4v) is 12.0. The quantitative estimate of drug-likeness (QED) is 0.0719. The van der Waals surface area contributed by atoms with Gasteiger partial charge in [-0.15, -0.1) is 0 Å². The van der Waals surface area contributed by atoms with Gasteiger partial charge >= 0.3 is 6.09 Å². The van der Waals surface area contributed by atoms with Gasteiger partial charge in [-0.2, -0.15) is 0 Å². The molecule has 0 aromatic heterocycles. The molecule has 54 heavy (non-hydrogen) atoms. The van der Waals surface area contributed by atoms with E-state index < -0.39 is 23.2 Å². The maximum atomic E-state index is 13.6. The molecular weight excluding hydrogens is 690 g/mol. The first kappa shape index (κ1) is 38.8. The number of hydrogen-bond donors (Lipinski definition) is 5. The van der Waals surface area contributed by atoms with Crippen molar-refractivity contribution in [2.24, 2.45) is 45.4 Å². The van der Waals surface area contributed by atoms with Gasteiger partial charge in [0, 0.05) is 81.8 Å². The number of nitrogens with two attached hydrogens (primary N) is 3. The summed E-state index contributed by atoms with van der Waals surface area (Å²) in [5.74, 6) is 0.589. The number of benzene rings is 1. The second kappa shape index (κ2) is 13.9. The smallest absolute Gasteiger partial charge is 0.415 e. The number of rotatable bonds is 16. The van der Waals surface area contributed by atoms with Crippen molar-refractivity contribution in [2.75, 3.05) is 60.5 Å². The highest BCUT2D eigenvalue weighted by atomic mass is 16.6. The lowest BCUT2D eigenvalue weighted by atomic mass is 9.33. The zero-order valence-corrected chi connectivity index (χ0v) is 32.8. The number of piperidine rings is 1. The number of carbonyl (C=O) groups excluding carboxylic acids is 3. The molecule has 5 aliphatic carbocycles. The monoisotopic (exact) mass is 752 g/mol. The van der Waals surface area contributed by atoms with Crippen molar-refractivity contribution in [2.45, 2.75) is 107 Å². The van der Waals surface area contributed by atoms with Crippen molar-refractivity contribution in [3.05, 3.63) is 23.3 Å². The molecule has 1 aromatic carbocycles. The van der Waals surface area contributed by atoms with Crippen LogP contribution in [-0.4, -0.2) is 122 Å². The summed E-state index contributed by atoms with van der Waals surface area (Å²) in [7, 11) is 5.89. The molecule has 4 bridgehead atoms. The van der Waals surface area contributed by atoms with Crippen LogP contribution in [0.4, 0.5) is 4.79 Å². The molecule has 2 aliphatic heterocycles. The van der Waals surface area contributed by atoms with Crippen molar-refractivity contribution in [3.8, 4) is 11.5 Å². The van der Waals surface area contributed by atoms with E-state index in [2.05, 4.69) is 23.4 Å². The van der Waals surface area contributed by atoms with E-state index in [1.165, 1.54) is 35.4 Å². The number of nitrogens with one attached hydrogen (secondary N) is 1. The van der Waals surface area contributed by atoms with Gasteiger partial charge in [0.1, 0.15) is 17.5 Å². The number of carbonyl (C=O) groups is 3. The molecule has 2 heterocycles. The van der Waals surface area contributed by atoms with Crippen molar-refractivity contribution in [1.82, 2.24) is 10.2 Å². The number of ketones is 1. The first-order valence-electron chi connectivity index (χ1n) is 20.0. The molecule has 4 saturated carbocycles. The number of amides is 2. The molecule has 14 nitrogen and oxygen atoms in total. The minimum atomic E-state index is -0.974. The van der Waals surface area contributed by atoms with Gasteiger partial charge in [0.15, 0.2) is 17.5 Å². The number of quaternary nitrogens is 1. The largest absolute Gasteiger partial charge is 0.482 e. The van der Waals surface area contributed by atoms with E-state index in [0.717, 1.165) is 49.0 Å². The molecule has 2 amide bonds. The summed E-state index contributed by atoms with van der Waals surface area (Å²) in [5.41, 5.74) is 16.8. The second-order valence-electron chi connectivity index (χ2n) is 18.1. The maximum absolute atomic E-state index is 13.6. The molecule has 1 aromatic rings. The first-order valence-corrected chi connectivity index (χ1v) is 20.0. The summed E-state index contributed by atoms with van der Waals surface area (Å²) in [6, 6.07) is 4.43. The zero-order valence-electron chi connectivity index (χ0n) is 32.8. The van der Waals surface area contributed by atoms with Crippen LogP contribution >= 0.6 is 0 Å². The zero-order chi connectivity index (χ0) is 38.8. The molecule has 14 heteroatoms. The summed E-state index contributed by atoms with van der Waals surface area (Å²) in [5, 5.41) is 14.6. The fourth-order valence-electron chi connectivity index (χ4n) is 12.0. The third kappa shape index (κ3) is 6.15. The van der Waals surface area contributed by atoms with Gasteiger partial charge < -0.3 is 51.2 Å². The Kier molecular flexibility index (Phi) is 10.0. The molecular formula is C40H62N7O7+. The van der Waals surface area contributed by atoms with Gasteiger partial charge in [-0.1, -0.05) is 6.07 Å². The number of nitrogens with zero attached hydrogens (tertiary/aromatic N) is 3. The van der Waals surface area contributed by atoms with Gasteiger partial charge in [-0.25, -0.2) is 4.79 Å². The van der Waals surface area contributed by atoms with Gasteiger partial charge in [-0.3, -0.25) is 14.6 Å². The van der Waals surface area contributed by atoms with Crippen LogP contribution in [0, 0.1) is 23.2 Å². The van der Waals surface area contributed by atoms with E-state index >= 15 is 0 Å². The average Bonchev–Trinajstić information content (AvgIpc) is 3.86. The van der Waals surface area contributed by atoms with Crippen LogP contribution in [-0.2, 0) is 26.2 Å². The minimum Gasteiger partial charge on any atom is -0.482 e. The van der Waals surface area contributed by atoms with Crippen LogP contribution in [0.2, 0.25) is 0 Å². The minimum absolute atomic E-state index is 0.0212. The van der Waals surface area contributed by atoms with Crippen molar-refractivity contribution >= 4 is 23.7 Å². The predicted octanol–water partition coefficient (Wildman–Crippen LogP) is 1.96. The number of likely N-dealkylation sites (N-methyl/N-ethyl adjacent to an activating group) is 2. The van der Waals surface area contributed by atoms with Gasteiger partial charge in [0.05, 0.1) is 43.7 Å². The highest BCUT2D eigenvalue weighted by Crippen LogP contribution is 2.78. The van der Waals surface area contributed by atoms with E-state index in [1.54, 1.807) is 14.2 Å². The topological polar surface area (TPSA) is 205 Å². The summed E-state index contributed by atoms with van der Waals surface area (Å²) in [4.78, 5) is 44.2. The molecule has 7 aliphatic rings. The van der Waals surface area contributed by atoms with Crippen LogP contribution in [0.25, 0.3) is 0 Å². The maximum Gasteiger partial charge on any atom is 0.415 e. The van der Waals surface area contributed by atoms with Crippen LogP contribution < -0.4 is 32.0 Å². The summed E-state index contributed by atoms with van der Waals surface area (Å²) < 4.78 is 21.0. The highest BCUT2D eigenvalue weighted by Gasteiger charge is 2.84. The standard InChI is InChI=1S/C40H61N7O7/c1-37(2,51)29-21-38-12-13-40(29,52-5)34-39(38)14-18-47(4,23-24-8-9-24)30(38)20-25-10-11-28(32(54-34)31(25)39)53-36(50)46(3)17-16-44-33(49)26(19-27(48)22-41)7-6-15-45-35(42)43/h10-11,24,26,29-30,34,51H,6-9,12-23,41H2,1-5H3,(H4-,42,43,44,45,49)/p+1/t26-,29-,30+,34-,38-,39+,40-,47?/m1/s1. The Morgan fingerprint density at radius 2 is 1.96 bits per heavy atom. The molecule has 8 N–H and O–H groups in total. The Hall–Kier alpha value is -3.46. The van der Waals surface area contributed by atoms with E-state index in [1.807, 2.05) is 19.9 Å². The number of likely N-dealkylation sites (tertiary alicyclic amines) is 1. The van der Waals surface area contributed by atoms with E-state index in [0.29, 0.717) is 36.9 Å². The summed E-state index contributed by atoms with van der Waals surface area (Å²) in [6.07, 6.45) is 7.32. The molecule has 5 fully saturated rings. The number of hydrogen-bond acceptors (Lipinski definition) is 9. The van der Waals surface area contributed by atoms with Crippen LogP contribution in [0.5, 0.6) is 11.5 Å². The number of guanidine groups is 1. The Balaban J connectivity index is 1.11. The van der Waals surface area contributed by atoms with Crippen LogP contribution in [0.3, 0.4) is 0 Å². The van der Waals surface area contributed by atoms with Crippen molar-refractivity contribution in [3.63, 3.8) is 0 Å². The molecule has 8 atom stereocenters. The summed E-state index contributed by atoms with van der Waals surface area (Å²) in [6.45, 7) is 6.67. The molecule has 8 rings (SSSR count). The number of fused-ring (bicyclic) bond motifs is 2. The van der Waals surface area contributed by atoms with E-state index in [-0.39, 0.29) is 66.6 Å². The Bertz CT molecular complexity index is 1690. The average molecular weight is 753 g/mol. The third-order valence-corrected chi connectivity index (χ3v) is 14.5. The Morgan fingerprint density at radius 1 is 1.20 bits per heavy atom. The van der Waals surface area contributed by atoms with Crippen molar-refractivity contribution in [1.29, 1.82) is 0 Å². The van der Waals surface area contributed by atoms with Crippen molar-refractivity contribution < 1.29 is 38.2 Å². The van der Waals surface area contributed by atoms with Crippen LogP contribution in [0.1, 0.15) is 82.8 Å². The summed E-state index contributed by atoms with van der Waals surface area (Å²) >= 11 is 0. The number of aliphatic hydroxyl groups is 1. The van der Waals surface area contributed by atoms with Gasteiger partial charge in [0.25, 0.3) is 0 Å². The normalized spacial score (nSPS) is 33.3. The number of ether oxygens (including phenoxy) is 3. The van der Waals surface area contributed by atoms with Gasteiger partial charge in [-0.05, 0) is 70.4 Å². The van der Waals surface area contributed by atoms with E-state index in [4.69, 9.17) is 31.4 Å². The lowest BCUT2D eigenvalue weighted by molar-refractivity contribution is -0.952. The lowest BCUT2D eigenvalue weighted by Crippen LogP contribution is -2.84. The van der Waals surface area contributed by atoms with Crippen LogP contribution in [0.15, 0.2) is 17.1 Å². The SMILES string of the molecule is CO[C@]12CC[C@@]3(C[C@@H]1C(C)(C)O)[C@@H]1Cc4ccc(OC(=O)N(C)CCNC(=O)[C@H](CCCN=C(N)N)CC(=O)CN)c5c4[C@@]3(CC[N+]1(C)CC1CC1)[C@H]2O5. The number of methoxy groups -OCH3 is 1. The number of Topliss-reactive ketones (excluding diaryl/α,β-unsaturated/α-hetero) is 1. The second-order valence-corrected chi connectivity index (χ2v) is 18.1. The Labute approximate surface area is 319 Å². The fraction of sp³-hybridized carbons (Fsp3) is 0.750.